The van der Waals surface area contributed by atoms with E-state index in [9.17, 15) is 9.59 Å². The Morgan fingerprint density at radius 1 is 0.788 bits per heavy atom. The smallest absolute Gasteiger partial charge is 0.258 e. The van der Waals surface area contributed by atoms with Crippen molar-refractivity contribution in [2.45, 2.75) is 6.92 Å². The molecule has 5 rings (SSSR count). The Kier molecular flexibility index (Phi) is 5.50. The highest BCUT2D eigenvalue weighted by atomic mass is 32.1. The normalized spacial score (nSPS) is 10.8. The third-order valence-electron chi connectivity index (χ3n) is 5.24. The summed E-state index contributed by atoms with van der Waals surface area (Å²) in [4.78, 5) is 35.4. The highest BCUT2D eigenvalue weighted by Crippen LogP contribution is 2.32. The summed E-state index contributed by atoms with van der Waals surface area (Å²) in [5.41, 5.74) is 4.29. The number of thiazole rings is 1. The summed E-state index contributed by atoms with van der Waals surface area (Å²) in [6, 6.07) is 28.6. The zero-order valence-corrected chi connectivity index (χ0v) is 18.6. The maximum Gasteiger partial charge on any atom is 0.258 e. The van der Waals surface area contributed by atoms with Crippen molar-refractivity contribution in [3.63, 3.8) is 0 Å². The average molecular weight is 450 g/mol. The molecule has 0 aliphatic rings. The number of anilines is 1. The fraction of sp³-hybridized carbons (Fsp3) is 0.0370. The lowest BCUT2D eigenvalue weighted by atomic mass is 10.0. The van der Waals surface area contributed by atoms with Gasteiger partial charge in [-0.2, -0.15) is 0 Å². The second-order valence-corrected chi connectivity index (χ2v) is 8.51. The van der Waals surface area contributed by atoms with Gasteiger partial charge in [0.15, 0.2) is 10.9 Å². The molecule has 0 atom stereocenters. The van der Waals surface area contributed by atoms with Crippen LogP contribution in [-0.4, -0.2) is 21.7 Å². The van der Waals surface area contributed by atoms with Gasteiger partial charge in [0.25, 0.3) is 5.91 Å². The van der Waals surface area contributed by atoms with Gasteiger partial charge < -0.3 is 0 Å². The first-order valence-electron chi connectivity index (χ1n) is 10.4. The van der Waals surface area contributed by atoms with Gasteiger partial charge in [-0.3, -0.25) is 14.9 Å². The Morgan fingerprint density at radius 3 is 2.12 bits per heavy atom. The van der Waals surface area contributed by atoms with Crippen LogP contribution >= 0.6 is 11.3 Å². The fourth-order valence-corrected chi connectivity index (χ4v) is 4.57. The number of carbonyl (C=O) groups excluding carboxylic acids is 2. The zero-order valence-electron chi connectivity index (χ0n) is 17.8. The van der Waals surface area contributed by atoms with Crippen LogP contribution < -0.4 is 5.32 Å². The fourth-order valence-electron chi connectivity index (χ4n) is 3.69. The predicted molar refractivity (Wildman–Crippen MR) is 133 cm³/mol. The second-order valence-electron chi connectivity index (χ2n) is 7.51. The van der Waals surface area contributed by atoms with Crippen LogP contribution in [0, 0.1) is 0 Å². The van der Waals surface area contributed by atoms with E-state index < -0.39 is 0 Å². The number of fused-ring (bicyclic) bond motifs is 1. The molecule has 2 aromatic heterocycles. The van der Waals surface area contributed by atoms with E-state index in [1.165, 1.54) is 18.3 Å². The molecule has 2 heterocycles. The van der Waals surface area contributed by atoms with Gasteiger partial charge in [-0.15, -0.1) is 0 Å². The summed E-state index contributed by atoms with van der Waals surface area (Å²) in [6.45, 7) is 1.51. The van der Waals surface area contributed by atoms with Crippen molar-refractivity contribution in [1.82, 2.24) is 9.97 Å². The maximum absolute atomic E-state index is 13.4. The number of hydrogen-bond donors (Lipinski definition) is 1. The lowest BCUT2D eigenvalue weighted by molar-refractivity contribution is 0.101. The lowest BCUT2D eigenvalue weighted by Gasteiger charge is -2.09. The van der Waals surface area contributed by atoms with E-state index in [0.29, 0.717) is 27.0 Å². The molecule has 5 aromatic rings. The Morgan fingerprint density at radius 2 is 1.42 bits per heavy atom. The minimum atomic E-state index is -0.297. The molecule has 3 aromatic carbocycles. The third-order valence-corrected chi connectivity index (χ3v) is 6.32. The molecule has 160 valence electrons. The van der Waals surface area contributed by atoms with E-state index >= 15 is 0 Å². The number of aromatic nitrogens is 2. The summed E-state index contributed by atoms with van der Waals surface area (Å²) in [6.07, 6.45) is 0. The Hall–Kier alpha value is -4.16. The van der Waals surface area contributed by atoms with Crippen molar-refractivity contribution in [3.05, 3.63) is 101 Å². The molecular weight excluding hydrogens is 430 g/mol. The summed E-state index contributed by atoms with van der Waals surface area (Å²) >= 11 is 1.18. The second kappa shape index (κ2) is 8.76. The molecule has 1 N–H and O–H groups in total. The SMILES string of the molecule is CC(=O)c1sc(NC(=O)c2cc(-c3ccccc3)nc3ccccc23)nc1-c1ccccc1. The van der Waals surface area contributed by atoms with Gasteiger partial charge in [0.1, 0.15) is 0 Å². The maximum atomic E-state index is 13.4. The van der Waals surface area contributed by atoms with E-state index in [0.717, 1.165) is 22.0 Å². The van der Waals surface area contributed by atoms with E-state index in [4.69, 9.17) is 4.98 Å². The Balaban J connectivity index is 1.56. The minimum Gasteiger partial charge on any atom is -0.298 e. The van der Waals surface area contributed by atoms with Crippen molar-refractivity contribution in [2.75, 3.05) is 5.32 Å². The first kappa shape index (κ1) is 20.7. The molecule has 0 bridgehead atoms. The number of pyridine rings is 1. The van der Waals surface area contributed by atoms with Crippen LogP contribution in [0.25, 0.3) is 33.4 Å². The van der Waals surface area contributed by atoms with Gasteiger partial charge in [-0.1, -0.05) is 90.2 Å². The van der Waals surface area contributed by atoms with Crippen LogP contribution in [0.3, 0.4) is 0 Å². The van der Waals surface area contributed by atoms with Gasteiger partial charge >= 0.3 is 0 Å². The summed E-state index contributed by atoms with van der Waals surface area (Å²) in [7, 11) is 0. The molecule has 5 nitrogen and oxygen atoms in total. The predicted octanol–water partition coefficient (Wildman–Crippen LogP) is 6.48. The number of ketones is 1. The van der Waals surface area contributed by atoms with Gasteiger partial charge in [0.2, 0.25) is 0 Å². The summed E-state index contributed by atoms with van der Waals surface area (Å²) in [5, 5.41) is 4.03. The molecule has 0 aliphatic heterocycles. The van der Waals surface area contributed by atoms with Crippen molar-refractivity contribution >= 4 is 39.1 Å². The lowest BCUT2D eigenvalue weighted by Crippen LogP contribution is -2.13. The number of para-hydroxylation sites is 1. The van der Waals surface area contributed by atoms with Crippen LogP contribution in [0.1, 0.15) is 27.0 Å². The Bertz CT molecular complexity index is 1480. The highest BCUT2D eigenvalue weighted by molar-refractivity contribution is 7.18. The highest BCUT2D eigenvalue weighted by Gasteiger charge is 2.20. The van der Waals surface area contributed by atoms with Gasteiger partial charge in [-0.05, 0) is 12.1 Å². The molecule has 33 heavy (non-hydrogen) atoms. The zero-order chi connectivity index (χ0) is 22.8. The van der Waals surface area contributed by atoms with Gasteiger partial charge in [0, 0.05) is 23.4 Å². The van der Waals surface area contributed by atoms with Crippen molar-refractivity contribution in [2.24, 2.45) is 0 Å². The molecule has 0 spiro atoms. The molecule has 0 fully saturated rings. The molecule has 6 heteroatoms. The van der Waals surface area contributed by atoms with Crippen LogP contribution in [0.2, 0.25) is 0 Å². The number of rotatable bonds is 5. The largest absolute Gasteiger partial charge is 0.298 e. The van der Waals surface area contributed by atoms with Crippen molar-refractivity contribution in [1.29, 1.82) is 0 Å². The number of Topliss-reactive ketones (excluding diaryl/α,β-unsaturated/α-hetero) is 1. The molecule has 0 saturated heterocycles. The summed E-state index contributed by atoms with van der Waals surface area (Å²) in [5.74, 6) is -0.387. The number of nitrogens with one attached hydrogen (secondary N) is 1. The van der Waals surface area contributed by atoms with Gasteiger partial charge in [0.05, 0.1) is 27.3 Å². The number of nitrogens with zero attached hydrogens (tertiary/aromatic N) is 2. The quantitative estimate of drug-likeness (QED) is 0.312. The van der Waals surface area contributed by atoms with E-state index in [1.807, 2.05) is 84.9 Å². The van der Waals surface area contributed by atoms with E-state index in [2.05, 4.69) is 10.3 Å². The number of benzene rings is 3. The molecule has 0 radical (unpaired) electrons. The number of amides is 1. The standard InChI is InChI=1S/C27H19N3O2S/c1-17(31)25-24(19-12-6-3-7-13-19)29-27(33-25)30-26(32)21-16-23(18-10-4-2-5-11-18)28-22-15-9-8-14-20(21)22/h2-16H,1H3,(H,29,30,32). The number of hydrogen-bond acceptors (Lipinski definition) is 5. The van der Waals surface area contributed by atoms with Crippen LogP contribution in [0.4, 0.5) is 5.13 Å². The number of carbonyl (C=O) groups is 2. The molecule has 1 amide bonds. The minimum absolute atomic E-state index is 0.0902. The monoisotopic (exact) mass is 449 g/mol. The topological polar surface area (TPSA) is 72.0 Å². The first-order valence-corrected chi connectivity index (χ1v) is 11.3. The van der Waals surface area contributed by atoms with Crippen LogP contribution in [0.15, 0.2) is 91.0 Å². The Labute approximate surface area is 194 Å². The van der Waals surface area contributed by atoms with Gasteiger partial charge in [-0.25, -0.2) is 9.97 Å². The average Bonchev–Trinajstić information content (AvgIpc) is 3.28. The summed E-state index contributed by atoms with van der Waals surface area (Å²) < 4.78 is 0. The molecule has 0 saturated carbocycles. The van der Waals surface area contributed by atoms with Crippen molar-refractivity contribution in [3.8, 4) is 22.5 Å². The van der Waals surface area contributed by atoms with Crippen LogP contribution in [-0.2, 0) is 0 Å². The molecular formula is C27H19N3O2S. The van der Waals surface area contributed by atoms with Crippen molar-refractivity contribution < 1.29 is 9.59 Å². The van der Waals surface area contributed by atoms with E-state index in [-0.39, 0.29) is 11.7 Å². The van der Waals surface area contributed by atoms with E-state index in [1.54, 1.807) is 6.07 Å². The third kappa shape index (κ3) is 4.16. The molecule has 0 unspecified atom stereocenters. The first-order chi connectivity index (χ1) is 16.1. The molecule has 0 aliphatic carbocycles. The van der Waals surface area contributed by atoms with Crippen LogP contribution in [0.5, 0.6) is 0 Å².